The van der Waals surface area contributed by atoms with Gasteiger partial charge in [0.2, 0.25) is 0 Å². The van der Waals surface area contributed by atoms with E-state index in [0.29, 0.717) is 12.3 Å². The van der Waals surface area contributed by atoms with Crippen molar-refractivity contribution in [1.82, 2.24) is 14.9 Å². The fraction of sp³-hybridized carbons (Fsp3) is 0.357. The highest BCUT2D eigenvalue weighted by Gasteiger charge is 2.02. The lowest BCUT2D eigenvalue weighted by molar-refractivity contribution is 0.410. The fourth-order valence-corrected chi connectivity index (χ4v) is 1.86. The molecule has 5 nitrogen and oxygen atoms in total. The van der Waals surface area contributed by atoms with Gasteiger partial charge in [-0.05, 0) is 31.2 Å². The topological polar surface area (TPSA) is 59.3 Å². The van der Waals surface area contributed by atoms with Crippen molar-refractivity contribution < 1.29 is 9.84 Å². The van der Waals surface area contributed by atoms with Crippen LogP contribution in [0.3, 0.4) is 0 Å². The first kappa shape index (κ1) is 13.4. The van der Waals surface area contributed by atoms with E-state index in [2.05, 4.69) is 10.3 Å². The fourth-order valence-electron chi connectivity index (χ4n) is 1.86. The minimum atomic E-state index is 0.294. The molecular formula is C14H19N3O2. The minimum absolute atomic E-state index is 0.294. The number of phenols is 1. The van der Waals surface area contributed by atoms with Crippen molar-refractivity contribution in [3.63, 3.8) is 0 Å². The summed E-state index contributed by atoms with van der Waals surface area (Å²) < 4.78 is 7.18. The number of phenolic OH excluding ortho intramolecular Hbond substituents is 1. The van der Waals surface area contributed by atoms with Crippen molar-refractivity contribution in [2.75, 3.05) is 13.7 Å². The first-order valence-corrected chi connectivity index (χ1v) is 6.32. The molecule has 0 bridgehead atoms. The predicted molar refractivity (Wildman–Crippen MR) is 73.2 cm³/mol. The van der Waals surface area contributed by atoms with Gasteiger partial charge in [0.1, 0.15) is 11.5 Å². The summed E-state index contributed by atoms with van der Waals surface area (Å²) in [6, 6.07) is 5.25. The van der Waals surface area contributed by atoms with Crippen LogP contribution in [-0.2, 0) is 13.1 Å². The summed E-state index contributed by atoms with van der Waals surface area (Å²) in [6.07, 6.45) is 6.56. The Morgan fingerprint density at radius 3 is 3.05 bits per heavy atom. The van der Waals surface area contributed by atoms with Crippen LogP contribution in [0.5, 0.6) is 11.5 Å². The Balaban J connectivity index is 1.73. The van der Waals surface area contributed by atoms with E-state index in [0.717, 1.165) is 30.8 Å². The van der Waals surface area contributed by atoms with Gasteiger partial charge in [-0.3, -0.25) is 0 Å². The van der Waals surface area contributed by atoms with Gasteiger partial charge < -0.3 is 19.7 Å². The quantitative estimate of drug-likeness (QED) is 0.746. The molecule has 0 saturated carbocycles. The summed E-state index contributed by atoms with van der Waals surface area (Å²) in [5, 5.41) is 13.0. The molecule has 0 atom stereocenters. The summed E-state index contributed by atoms with van der Waals surface area (Å²) in [7, 11) is 1.62. The van der Waals surface area contributed by atoms with Crippen molar-refractivity contribution in [3.05, 3.63) is 42.5 Å². The molecule has 0 aliphatic rings. The van der Waals surface area contributed by atoms with E-state index in [9.17, 15) is 5.11 Å². The molecule has 102 valence electrons. The van der Waals surface area contributed by atoms with Gasteiger partial charge in [-0.1, -0.05) is 0 Å². The molecule has 0 aliphatic carbocycles. The Labute approximate surface area is 112 Å². The Bertz CT molecular complexity index is 497. The summed E-state index contributed by atoms with van der Waals surface area (Å²) in [6.45, 7) is 2.46. The van der Waals surface area contributed by atoms with Gasteiger partial charge in [0.25, 0.3) is 0 Å². The number of hydrogen-bond donors (Lipinski definition) is 2. The van der Waals surface area contributed by atoms with E-state index in [1.165, 1.54) is 0 Å². The molecule has 19 heavy (non-hydrogen) atoms. The highest BCUT2D eigenvalue weighted by Crippen LogP contribution is 2.22. The van der Waals surface area contributed by atoms with Crippen LogP contribution < -0.4 is 10.1 Å². The summed E-state index contributed by atoms with van der Waals surface area (Å²) in [5.74, 6) is 1.05. The lowest BCUT2D eigenvalue weighted by Gasteiger charge is -2.09. The number of aromatic nitrogens is 2. The zero-order valence-corrected chi connectivity index (χ0v) is 11.0. The third-order valence-corrected chi connectivity index (χ3v) is 2.93. The monoisotopic (exact) mass is 261 g/mol. The number of benzene rings is 1. The first-order chi connectivity index (χ1) is 9.29. The predicted octanol–water partition coefficient (Wildman–Crippen LogP) is 1.78. The van der Waals surface area contributed by atoms with Gasteiger partial charge >= 0.3 is 0 Å². The van der Waals surface area contributed by atoms with Crippen LogP contribution >= 0.6 is 0 Å². The number of ether oxygens (including phenoxy) is 1. The molecule has 2 aromatic rings. The summed E-state index contributed by atoms with van der Waals surface area (Å²) >= 11 is 0. The first-order valence-electron chi connectivity index (χ1n) is 6.32. The Morgan fingerprint density at radius 1 is 1.42 bits per heavy atom. The average molecular weight is 261 g/mol. The molecular weight excluding hydrogens is 242 g/mol. The molecule has 5 heteroatoms. The third-order valence-electron chi connectivity index (χ3n) is 2.93. The number of methoxy groups -OCH3 is 1. The number of aryl methyl sites for hydroxylation is 1. The Kier molecular flexibility index (Phi) is 4.80. The normalized spacial score (nSPS) is 10.6. The molecule has 0 unspecified atom stereocenters. The van der Waals surface area contributed by atoms with Crippen molar-refractivity contribution in [2.24, 2.45) is 0 Å². The second-order valence-corrected chi connectivity index (χ2v) is 4.33. The Morgan fingerprint density at radius 2 is 2.32 bits per heavy atom. The number of aromatic hydroxyl groups is 1. The second-order valence-electron chi connectivity index (χ2n) is 4.33. The van der Waals surface area contributed by atoms with E-state index in [1.54, 1.807) is 25.4 Å². The number of nitrogens with zero attached hydrogens (tertiary/aromatic N) is 2. The zero-order chi connectivity index (χ0) is 13.5. The maximum atomic E-state index is 9.73. The number of imidazole rings is 1. The molecule has 0 spiro atoms. The van der Waals surface area contributed by atoms with Gasteiger partial charge in [-0.2, -0.15) is 0 Å². The third kappa shape index (κ3) is 3.99. The van der Waals surface area contributed by atoms with E-state index >= 15 is 0 Å². The van der Waals surface area contributed by atoms with Crippen molar-refractivity contribution in [2.45, 2.75) is 19.5 Å². The van der Waals surface area contributed by atoms with Crippen LogP contribution in [0.4, 0.5) is 0 Å². The highest BCUT2D eigenvalue weighted by molar-refractivity contribution is 5.39. The number of rotatable bonds is 7. The van der Waals surface area contributed by atoms with E-state index in [4.69, 9.17) is 4.74 Å². The average Bonchev–Trinajstić information content (AvgIpc) is 2.93. The standard InChI is InChI=1S/C14H19N3O2/c1-19-13-3-4-14(18)12(9-13)10-15-5-2-7-17-8-6-16-11-17/h3-4,6,8-9,11,15,18H,2,5,7,10H2,1H3. The van der Waals surface area contributed by atoms with E-state index < -0.39 is 0 Å². The second kappa shape index (κ2) is 6.80. The Hall–Kier alpha value is -2.01. The summed E-state index contributed by atoms with van der Waals surface area (Å²) in [5.41, 5.74) is 0.849. The molecule has 0 fully saturated rings. The molecule has 0 saturated heterocycles. The highest BCUT2D eigenvalue weighted by atomic mass is 16.5. The van der Waals surface area contributed by atoms with Crippen molar-refractivity contribution >= 4 is 0 Å². The van der Waals surface area contributed by atoms with Crippen LogP contribution in [0.1, 0.15) is 12.0 Å². The van der Waals surface area contributed by atoms with Gasteiger partial charge in [0.15, 0.2) is 0 Å². The largest absolute Gasteiger partial charge is 0.508 e. The molecule has 2 N–H and O–H groups in total. The SMILES string of the molecule is COc1ccc(O)c(CNCCCn2ccnc2)c1. The molecule has 0 amide bonds. The zero-order valence-electron chi connectivity index (χ0n) is 11.0. The number of nitrogens with one attached hydrogen (secondary N) is 1. The lowest BCUT2D eigenvalue weighted by Crippen LogP contribution is -2.16. The van der Waals surface area contributed by atoms with Gasteiger partial charge in [-0.15, -0.1) is 0 Å². The van der Waals surface area contributed by atoms with Gasteiger partial charge in [0, 0.05) is 31.0 Å². The smallest absolute Gasteiger partial charge is 0.120 e. The minimum Gasteiger partial charge on any atom is -0.508 e. The van der Waals surface area contributed by atoms with Crippen molar-refractivity contribution in [3.8, 4) is 11.5 Å². The lowest BCUT2D eigenvalue weighted by atomic mass is 10.2. The van der Waals surface area contributed by atoms with Crippen LogP contribution in [0.15, 0.2) is 36.9 Å². The van der Waals surface area contributed by atoms with Crippen LogP contribution in [-0.4, -0.2) is 28.3 Å². The molecule has 1 aromatic heterocycles. The molecule has 2 rings (SSSR count). The summed E-state index contributed by atoms with van der Waals surface area (Å²) in [4.78, 5) is 3.99. The molecule has 1 aromatic carbocycles. The van der Waals surface area contributed by atoms with Crippen LogP contribution in [0.2, 0.25) is 0 Å². The van der Waals surface area contributed by atoms with Crippen LogP contribution in [0.25, 0.3) is 0 Å². The van der Waals surface area contributed by atoms with Gasteiger partial charge in [0.05, 0.1) is 13.4 Å². The van der Waals surface area contributed by atoms with E-state index in [-0.39, 0.29) is 0 Å². The maximum absolute atomic E-state index is 9.73. The number of hydrogen-bond acceptors (Lipinski definition) is 4. The van der Waals surface area contributed by atoms with Gasteiger partial charge in [-0.25, -0.2) is 4.98 Å². The molecule has 1 heterocycles. The van der Waals surface area contributed by atoms with E-state index in [1.807, 2.05) is 23.2 Å². The molecule has 0 aliphatic heterocycles. The van der Waals surface area contributed by atoms with Crippen molar-refractivity contribution in [1.29, 1.82) is 0 Å². The maximum Gasteiger partial charge on any atom is 0.120 e. The molecule has 0 radical (unpaired) electrons. The van der Waals surface area contributed by atoms with Crippen LogP contribution in [0, 0.1) is 0 Å².